The van der Waals surface area contributed by atoms with Crippen LogP contribution >= 0.6 is 50.9 Å². The normalized spacial score (nSPS) is 10.4. The van der Waals surface area contributed by atoms with Gasteiger partial charge in [-0.3, -0.25) is 0 Å². The fourth-order valence-electron chi connectivity index (χ4n) is 1.31. The second-order valence-corrected chi connectivity index (χ2v) is 6.20. The summed E-state index contributed by atoms with van der Waals surface area (Å²) >= 11 is 17.0. The first-order valence-corrected chi connectivity index (χ1v) is 7.44. The Morgan fingerprint density at radius 2 is 1.83 bits per heavy atom. The van der Waals surface area contributed by atoms with Crippen molar-refractivity contribution in [3.63, 3.8) is 0 Å². The molecule has 18 heavy (non-hydrogen) atoms. The highest BCUT2D eigenvalue weighted by Crippen LogP contribution is 2.35. The second-order valence-electron chi connectivity index (χ2n) is 3.41. The lowest BCUT2D eigenvalue weighted by Gasteiger charge is -2.08. The van der Waals surface area contributed by atoms with Gasteiger partial charge in [-0.15, -0.1) is 0 Å². The first kappa shape index (κ1) is 14.0. The maximum absolute atomic E-state index is 6.13. The Balaban J connectivity index is 2.31. The van der Waals surface area contributed by atoms with Crippen LogP contribution in [0.4, 0.5) is 5.82 Å². The molecule has 2 aromatic rings. The summed E-state index contributed by atoms with van der Waals surface area (Å²) in [6.45, 7) is 0. The first-order chi connectivity index (χ1) is 8.60. The molecule has 0 saturated heterocycles. The number of rotatable bonds is 3. The molecule has 0 aliphatic heterocycles. The predicted octanol–water partition coefficient (Wildman–Crippen LogP) is 5.34. The van der Waals surface area contributed by atoms with Crippen molar-refractivity contribution < 1.29 is 0 Å². The van der Waals surface area contributed by atoms with E-state index in [0.29, 0.717) is 15.9 Å². The zero-order chi connectivity index (χ0) is 13.1. The average molecular weight is 364 g/mol. The van der Waals surface area contributed by atoms with Crippen LogP contribution in [0, 0.1) is 0 Å². The number of pyridine rings is 1. The van der Waals surface area contributed by atoms with Gasteiger partial charge in [-0.1, -0.05) is 50.9 Å². The lowest BCUT2D eigenvalue weighted by Crippen LogP contribution is -1.95. The molecular weight excluding hydrogens is 355 g/mol. The molecule has 0 saturated carbocycles. The van der Waals surface area contributed by atoms with Crippen LogP contribution in [0.5, 0.6) is 0 Å². The Morgan fingerprint density at radius 1 is 1.17 bits per heavy atom. The molecule has 0 aliphatic rings. The predicted molar refractivity (Wildman–Crippen MR) is 82.1 cm³/mol. The van der Waals surface area contributed by atoms with Crippen molar-refractivity contribution in [2.45, 2.75) is 9.92 Å². The monoisotopic (exact) mass is 362 g/mol. The first-order valence-electron chi connectivity index (χ1n) is 5.07. The molecular formula is C12H9BrCl2N2S. The van der Waals surface area contributed by atoms with E-state index in [0.717, 1.165) is 14.4 Å². The minimum atomic E-state index is 0.516. The van der Waals surface area contributed by atoms with Gasteiger partial charge >= 0.3 is 0 Å². The molecule has 0 radical (unpaired) electrons. The molecule has 0 aliphatic carbocycles. The Labute approximate surface area is 128 Å². The Morgan fingerprint density at radius 3 is 2.44 bits per heavy atom. The molecule has 0 spiro atoms. The van der Waals surface area contributed by atoms with Crippen molar-refractivity contribution in [1.29, 1.82) is 0 Å². The number of nitrogens with one attached hydrogen (secondary N) is 1. The van der Waals surface area contributed by atoms with E-state index in [1.165, 1.54) is 11.8 Å². The highest BCUT2D eigenvalue weighted by molar-refractivity contribution is 9.10. The second kappa shape index (κ2) is 6.15. The van der Waals surface area contributed by atoms with E-state index in [9.17, 15) is 0 Å². The third-order valence-corrected chi connectivity index (χ3v) is 4.39. The van der Waals surface area contributed by atoms with Crippen molar-refractivity contribution in [3.8, 4) is 0 Å². The molecule has 0 atom stereocenters. The molecule has 1 heterocycles. The van der Waals surface area contributed by atoms with Crippen LogP contribution in [-0.4, -0.2) is 12.0 Å². The van der Waals surface area contributed by atoms with Gasteiger partial charge in [-0.2, -0.15) is 0 Å². The van der Waals surface area contributed by atoms with E-state index in [1.54, 1.807) is 13.1 Å². The van der Waals surface area contributed by atoms with Gasteiger partial charge in [-0.25, -0.2) is 4.98 Å². The summed E-state index contributed by atoms with van der Waals surface area (Å²) in [7, 11) is 1.77. The standard InChI is InChI=1S/C12H9BrCl2N2S/c1-16-11-9(14)6-10(15)12(17-11)18-8-4-2-7(13)3-5-8/h2-6H,1H3,(H,16,17). The van der Waals surface area contributed by atoms with Crippen LogP contribution in [-0.2, 0) is 0 Å². The van der Waals surface area contributed by atoms with Gasteiger partial charge in [-0.05, 0) is 30.3 Å². The quantitative estimate of drug-likeness (QED) is 0.796. The third-order valence-electron chi connectivity index (χ3n) is 2.16. The van der Waals surface area contributed by atoms with Crippen LogP contribution < -0.4 is 5.32 Å². The molecule has 1 aromatic heterocycles. The van der Waals surface area contributed by atoms with E-state index in [4.69, 9.17) is 23.2 Å². The van der Waals surface area contributed by atoms with Crippen molar-refractivity contribution in [2.24, 2.45) is 0 Å². The summed E-state index contributed by atoms with van der Waals surface area (Å²) in [6, 6.07) is 9.65. The Hall–Kier alpha value is -0.420. The Kier molecular flexibility index (Phi) is 4.78. The molecule has 94 valence electrons. The Bertz CT molecular complexity index is 561. The van der Waals surface area contributed by atoms with Crippen LogP contribution in [0.2, 0.25) is 10.0 Å². The summed E-state index contributed by atoms with van der Waals surface area (Å²) in [6.07, 6.45) is 0. The number of halogens is 3. The summed E-state index contributed by atoms with van der Waals surface area (Å²) < 4.78 is 1.04. The SMILES string of the molecule is CNc1nc(Sc2ccc(Br)cc2)c(Cl)cc1Cl. The van der Waals surface area contributed by atoms with Gasteiger partial charge < -0.3 is 5.32 Å². The van der Waals surface area contributed by atoms with Gasteiger partial charge in [0.15, 0.2) is 0 Å². The summed E-state index contributed by atoms with van der Waals surface area (Å²) in [4.78, 5) is 5.45. The van der Waals surface area contributed by atoms with Crippen LogP contribution in [0.15, 0.2) is 44.7 Å². The van der Waals surface area contributed by atoms with Gasteiger partial charge in [0.1, 0.15) is 10.8 Å². The van der Waals surface area contributed by atoms with Crippen molar-refractivity contribution in [3.05, 3.63) is 44.8 Å². The largest absolute Gasteiger partial charge is 0.372 e. The molecule has 0 bridgehead atoms. The third kappa shape index (κ3) is 3.32. The van der Waals surface area contributed by atoms with E-state index >= 15 is 0 Å². The molecule has 1 aromatic carbocycles. The zero-order valence-electron chi connectivity index (χ0n) is 9.38. The van der Waals surface area contributed by atoms with Crippen molar-refractivity contribution in [1.82, 2.24) is 4.98 Å². The molecule has 0 fully saturated rings. The minimum absolute atomic E-state index is 0.516. The van der Waals surface area contributed by atoms with E-state index in [1.807, 2.05) is 24.3 Å². The molecule has 6 heteroatoms. The lowest BCUT2D eigenvalue weighted by atomic mass is 10.4. The number of hydrogen-bond acceptors (Lipinski definition) is 3. The lowest BCUT2D eigenvalue weighted by molar-refractivity contribution is 1.13. The minimum Gasteiger partial charge on any atom is -0.372 e. The topological polar surface area (TPSA) is 24.9 Å². The highest BCUT2D eigenvalue weighted by atomic mass is 79.9. The van der Waals surface area contributed by atoms with Crippen LogP contribution in [0.1, 0.15) is 0 Å². The van der Waals surface area contributed by atoms with Crippen molar-refractivity contribution in [2.75, 3.05) is 12.4 Å². The van der Waals surface area contributed by atoms with Gasteiger partial charge in [0, 0.05) is 16.4 Å². The fourth-order valence-corrected chi connectivity index (χ4v) is 2.93. The maximum Gasteiger partial charge on any atom is 0.146 e. The fraction of sp³-hybridized carbons (Fsp3) is 0.0833. The maximum atomic E-state index is 6.13. The number of aromatic nitrogens is 1. The summed E-state index contributed by atoms with van der Waals surface area (Å²) in [5, 5.41) is 4.73. The number of hydrogen-bond donors (Lipinski definition) is 1. The average Bonchev–Trinajstić information content (AvgIpc) is 2.35. The molecule has 0 amide bonds. The van der Waals surface area contributed by atoms with Crippen molar-refractivity contribution >= 4 is 56.7 Å². The molecule has 2 rings (SSSR count). The zero-order valence-corrected chi connectivity index (χ0v) is 13.3. The number of nitrogens with zero attached hydrogens (tertiary/aromatic N) is 1. The van der Waals surface area contributed by atoms with E-state index < -0.39 is 0 Å². The molecule has 1 N–H and O–H groups in total. The number of benzene rings is 1. The summed E-state index contributed by atoms with van der Waals surface area (Å²) in [5.74, 6) is 0.626. The highest BCUT2D eigenvalue weighted by Gasteiger charge is 2.09. The van der Waals surface area contributed by atoms with Gasteiger partial charge in [0.25, 0.3) is 0 Å². The van der Waals surface area contributed by atoms with Gasteiger partial charge in [0.2, 0.25) is 0 Å². The van der Waals surface area contributed by atoms with E-state index in [2.05, 4.69) is 26.2 Å². The summed E-state index contributed by atoms with van der Waals surface area (Å²) in [5.41, 5.74) is 0. The van der Waals surface area contributed by atoms with Gasteiger partial charge in [0.05, 0.1) is 10.0 Å². The van der Waals surface area contributed by atoms with E-state index in [-0.39, 0.29) is 0 Å². The molecule has 0 unspecified atom stereocenters. The van der Waals surface area contributed by atoms with Crippen LogP contribution in [0.3, 0.4) is 0 Å². The smallest absolute Gasteiger partial charge is 0.146 e. The number of anilines is 1. The molecule has 2 nitrogen and oxygen atoms in total. The van der Waals surface area contributed by atoms with Crippen LogP contribution in [0.25, 0.3) is 0 Å².